The van der Waals surface area contributed by atoms with Crippen LogP contribution in [0.2, 0.25) is 0 Å². The third-order valence-electron chi connectivity index (χ3n) is 5.26. The molecule has 0 radical (unpaired) electrons. The Balaban J connectivity index is 1.35. The van der Waals surface area contributed by atoms with Gasteiger partial charge in [0.25, 0.3) is 0 Å². The molecule has 2 aliphatic rings. The molecule has 0 N–H and O–H groups in total. The van der Waals surface area contributed by atoms with E-state index in [0.717, 1.165) is 37.7 Å². The molecule has 2 aromatic rings. The zero-order chi connectivity index (χ0) is 19.3. The van der Waals surface area contributed by atoms with E-state index in [2.05, 4.69) is 26.1 Å². The Morgan fingerprint density at radius 3 is 2.54 bits per heavy atom. The summed E-state index contributed by atoms with van der Waals surface area (Å²) in [5, 5.41) is 8.41. The van der Waals surface area contributed by atoms with Crippen LogP contribution in [0.4, 0.5) is 15.9 Å². The number of ether oxygens (including phenoxy) is 1. The van der Waals surface area contributed by atoms with Gasteiger partial charge in [0.05, 0.1) is 31.5 Å². The van der Waals surface area contributed by atoms with Crippen LogP contribution < -0.4 is 9.80 Å². The van der Waals surface area contributed by atoms with Crippen LogP contribution in [0, 0.1) is 5.82 Å². The molecule has 1 aromatic heterocycles. The van der Waals surface area contributed by atoms with E-state index in [1.165, 1.54) is 6.07 Å². The molecule has 7 nitrogen and oxygen atoms in total. The van der Waals surface area contributed by atoms with Gasteiger partial charge in [0.2, 0.25) is 5.91 Å². The van der Waals surface area contributed by atoms with E-state index in [-0.39, 0.29) is 18.1 Å². The molecule has 0 bridgehead atoms. The Hall–Kier alpha value is -2.74. The van der Waals surface area contributed by atoms with Gasteiger partial charge in [0.15, 0.2) is 5.82 Å². The SMILES string of the molecule is O=C(Cc1ccccc1F)N1CCN(c2cnnc(N3CCOCC3)c2)CC1. The number of anilines is 2. The predicted molar refractivity (Wildman–Crippen MR) is 104 cm³/mol. The van der Waals surface area contributed by atoms with Crippen LogP contribution in [0.25, 0.3) is 0 Å². The van der Waals surface area contributed by atoms with Crippen molar-refractivity contribution in [2.45, 2.75) is 6.42 Å². The second-order valence-electron chi connectivity index (χ2n) is 7.01. The minimum absolute atomic E-state index is 0.0355. The highest BCUT2D eigenvalue weighted by Gasteiger charge is 2.23. The van der Waals surface area contributed by atoms with Crippen LogP contribution in [0.1, 0.15) is 5.56 Å². The van der Waals surface area contributed by atoms with E-state index in [1.807, 2.05) is 0 Å². The summed E-state index contributed by atoms with van der Waals surface area (Å²) >= 11 is 0. The molecule has 1 amide bonds. The number of rotatable bonds is 4. The predicted octanol–water partition coefficient (Wildman–Crippen LogP) is 1.34. The smallest absolute Gasteiger partial charge is 0.227 e. The Labute approximate surface area is 163 Å². The lowest BCUT2D eigenvalue weighted by Crippen LogP contribution is -2.49. The number of aromatic nitrogens is 2. The van der Waals surface area contributed by atoms with Crippen molar-refractivity contribution in [1.29, 1.82) is 0 Å². The van der Waals surface area contributed by atoms with E-state index in [0.29, 0.717) is 31.9 Å². The van der Waals surface area contributed by atoms with Gasteiger partial charge < -0.3 is 19.4 Å². The highest BCUT2D eigenvalue weighted by Crippen LogP contribution is 2.21. The van der Waals surface area contributed by atoms with Gasteiger partial charge in [-0.1, -0.05) is 18.2 Å². The van der Waals surface area contributed by atoms with Gasteiger partial charge in [0, 0.05) is 45.3 Å². The number of hydrogen-bond donors (Lipinski definition) is 0. The minimum atomic E-state index is -0.326. The van der Waals surface area contributed by atoms with Gasteiger partial charge in [-0.2, -0.15) is 5.10 Å². The van der Waals surface area contributed by atoms with Gasteiger partial charge in [-0.25, -0.2) is 4.39 Å². The highest BCUT2D eigenvalue weighted by molar-refractivity contribution is 5.79. The summed E-state index contributed by atoms with van der Waals surface area (Å²) in [7, 11) is 0. The van der Waals surface area contributed by atoms with Crippen LogP contribution in [0.3, 0.4) is 0 Å². The number of carbonyl (C=O) groups excluding carboxylic acids is 1. The van der Waals surface area contributed by atoms with Crippen molar-refractivity contribution >= 4 is 17.4 Å². The number of hydrogen-bond acceptors (Lipinski definition) is 6. The normalized spacial score (nSPS) is 17.7. The Kier molecular flexibility index (Phi) is 5.66. The van der Waals surface area contributed by atoms with Crippen molar-refractivity contribution in [2.75, 3.05) is 62.3 Å². The molecule has 2 saturated heterocycles. The molecule has 0 atom stereocenters. The Morgan fingerprint density at radius 1 is 1.04 bits per heavy atom. The third kappa shape index (κ3) is 4.22. The Morgan fingerprint density at radius 2 is 1.79 bits per heavy atom. The lowest BCUT2D eigenvalue weighted by Gasteiger charge is -2.36. The van der Waals surface area contributed by atoms with Crippen molar-refractivity contribution < 1.29 is 13.9 Å². The van der Waals surface area contributed by atoms with Gasteiger partial charge in [-0.05, 0) is 11.6 Å². The molecule has 148 valence electrons. The van der Waals surface area contributed by atoms with Gasteiger partial charge in [0.1, 0.15) is 5.82 Å². The molecular weight excluding hydrogens is 361 g/mol. The van der Waals surface area contributed by atoms with Crippen molar-refractivity contribution in [3.63, 3.8) is 0 Å². The molecule has 0 aliphatic carbocycles. The zero-order valence-corrected chi connectivity index (χ0v) is 15.8. The number of amides is 1. The second-order valence-corrected chi connectivity index (χ2v) is 7.01. The van der Waals surface area contributed by atoms with Crippen LogP contribution in [0.5, 0.6) is 0 Å². The molecule has 0 saturated carbocycles. The van der Waals surface area contributed by atoms with Crippen LogP contribution >= 0.6 is 0 Å². The summed E-state index contributed by atoms with van der Waals surface area (Å²) in [6, 6.07) is 8.50. The largest absolute Gasteiger partial charge is 0.378 e. The number of piperazine rings is 1. The molecule has 1 aromatic carbocycles. The molecule has 2 aliphatic heterocycles. The monoisotopic (exact) mass is 385 g/mol. The van der Waals surface area contributed by atoms with Crippen LogP contribution in [-0.4, -0.2) is 73.5 Å². The number of carbonyl (C=O) groups is 1. The number of morpholine rings is 1. The number of benzene rings is 1. The molecular formula is C20H24FN5O2. The van der Waals surface area contributed by atoms with E-state index in [4.69, 9.17) is 4.74 Å². The fraction of sp³-hybridized carbons (Fsp3) is 0.450. The van der Waals surface area contributed by atoms with Crippen molar-refractivity contribution in [2.24, 2.45) is 0 Å². The summed E-state index contributed by atoms with van der Waals surface area (Å²) < 4.78 is 19.2. The van der Waals surface area contributed by atoms with Crippen molar-refractivity contribution in [3.8, 4) is 0 Å². The second kappa shape index (κ2) is 8.52. The molecule has 3 heterocycles. The number of nitrogens with zero attached hydrogens (tertiary/aromatic N) is 5. The summed E-state index contributed by atoms with van der Waals surface area (Å²) in [5.41, 5.74) is 1.46. The van der Waals surface area contributed by atoms with Crippen LogP contribution in [-0.2, 0) is 16.0 Å². The fourth-order valence-corrected chi connectivity index (χ4v) is 3.60. The van der Waals surface area contributed by atoms with Crippen molar-refractivity contribution in [3.05, 3.63) is 47.9 Å². The lowest BCUT2D eigenvalue weighted by atomic mass is 10.1. The maximum Gasteiger partial charge on any atom is 0.227 e. The van der Waals surface area contributed by atoms with Gasteiger partial charge in [-0.3, -0.25) is 4.79 Å². The summed E-state index contributed by atoms with van der Waals surface area (Å²) in [4.78, 5) is 18.7. The fourth-order valence-electron chi connectivity index (χ4n) is 3.60. The Bertz CT molecular complexity index is 820. The molecule has 2 fully saturated rings. The van der Waals surface area contributed by atoms with E-state index in [9.17, 15) is 9.18 Å². The topological polar surface area (TPSA) is 61.8 Å². The highest BCUT2D eigenvalue weighted by atomic mass is 19.1. The maximum absolute atomic E-state index is 13.8. The quantitative estimate of drug-likeness (QED) is 0.792. The average Bonchev–Trinajstić information content (AvgIpc) is 2.76. The minimum Gasteiger partial charge on any atom is -0.378 e. The first kappa shape index (κ1) is 18.6. The first-order chi connectivity index (χ1) is 13.7. The molecule has 4 rings (SSSR count). The molecule has 0 spiro atoms. The van der Waals surface area contributed by atoms with E-state index in [1.54, 1.807) is 29.3 Å². The summed E-state index contributed by atoms with van der Waals surface area (Å²) in [5.74, 6) is 0.499. The first-order valence-corrected chi connectivity index (χ1v) is 9.62. The maximum atomic E-state index is 13.8. The first-order valence-electron chi connectivity index (χ1n) is 9.62. The van der Waals surface area contributed by atoms with Crippen molar-refractivity contribution in [1.82, 2.24) is 15.1 Å². The molecule has 8 heteroatoms. The summed E-state index contributed by atoms with van der Waals surface area (Å²) in [6.07, 6.45) is 1.87. The van der Waals surface area contributed by atoms with Crippen LogP contribution in [0.15, 0.2) is 36.5 Å². The van der Waals surface area contributed by atoms with Gasteiger partial charge in [-0.15, -0.1) is 5.10 Å². The number of halogens is 1. The van der Waals surface area contributed by atoms with E-state index < -0.39 is 0 Å². The standard InChI is InChI=1S/C20H24FN5O2/c21-18-4-2-1-3-16(18)13-20(27)26-7-5-24(6-8-26)17-14-19(23-22-15-17)25-9-11-28-12-10-25/h1-4,14-15H,5-13H2. The zero-order valence-electron chi connectivity index (χ0n) is 15.8. The lowest BCUT2D eigenvalue weighted by molar-refractivity contribution is -0.130. The third-order valence-corrected chi connectivity index (χ3v) is 5.26. The summed E-state index contributed by atoms with van der Waals surface area (Å²) in [6.45, 7) is 5.70. The molecule has 0 unspecified atom stereocenters. The average molecular weight is 385 g/mol. The molecule has 28 heavy (non-hydrogen) atoms. The van der Waals surface area contributed by atoms with E-state index >= 15 is 0 Å². The van der Waals surface area contributed by atoms with Gasteiger partial charge >= 0.3 is 0 Å².